The quantitative estimate of drug-likeness (QED) is 0.744. The maximum atomic E-state index is 8.99. The van der Waals surface area contributed by atoms with Crippen LogP contribution in [0.4, 0.5) is 0 Å². The van der Waals surface area contributed by atoms with Crippen molar-refractivity contribution in [2.24, 2.45) is 0 Å². The highest BCUT2D eigenvalue weighted by molar-refractivity contribution is 5.44. The zero-order valence-corrected chi connectivity index (χ0v) is 12.6. The summed E-state index contributed by atoms with van der Waals surface area (Å²) in [5.74, 6) is 0. The van der Waals surface area contributed by atoms with E-state index in [4.69, 9.17) is 10.5 Å². The third kappa shape index (κ3) is 2.47. The van der Waals surface area contributed by atoms with Crippen LogP contribution in [-0.2, 0) is 5.54 Å². The van der Waals surface area contributed by atoms with Crippen molar-refractivity contribution in [2.45, 2.75) is 12.5 Å². The Bertz CT molecular complexity index is 819. The molecule has 3 aromatic rings. The lowest BCUT2D eigenvalue weighted by molar-refractivity contribution is 0.475. The van der Waals surface area contributed by atoms with Gasteiger partial charge in [0, 0.05) is 12.4 Å². The third-order valence-electron chi connectivity index (χ3n) is 4.17. The van der Waals surface area contributed by atoms with Crippen molar-refractivity contribution in [3.05, 3.63) is 89.5 Å². The maximum Gasteiger partial charge on any atom is 0.0991 e. The Morgan fingerprint density at radius 2 is 1.35 bits per heavy atom. The summed E-state index contributed by atoms with van der Waals surface area (Å²) in [5, 5.41) is 18.0. The van der Waals surface area contributed by atoms with Crippen LogP contribution in [0.25, 0.3) is 0 Å². The Balaban J connectivity index is 2.18. The van der Waals surface area contributed by atoms with Gasteiger partial charge in [-0.15, -0.1) is 0 Å². The van der Waals surface area contributed by atoms with Crippen molar-refractivity contribution < 1.29 is 0 Å². The van der Waals surface area contributed by atoms with Crippen LogP contribution in [0.3, 0.4) is 0 Å². The Kier molecular flexibility index (Phi) is 3.66. The fraction of sp³-hybridized carbons (Fsp3) is 0.105. The molecule has 0 saturated heterocycles. The topological polar surface area (TPSA) is 65.4 Å². The summed E-state index contributed by atoms with van der Waals surface area (Å²) in [5.41, 5.74) is 2.86. The maximum absolute atomic E-state index is 8.99. The fourth-order valence-electron chi connectivity index (χ4n) is 2.73. The average Bonchev–Trinajstić information content (AvgIpc) is 3.16. The summed E-state index contributed by atoms with van der Waals surface area (Å²) in [6.07, 6.45) is 5.43. The van der Waals surface area contributed by atoms with Crippen molar-refractivity contribution in [1.82, 2.24) is 9.55 Å². The molecule has 3 rings (SSSR count). The summed E-state index contributed by atoms with van der Waals surface area (Å²) in [7, 11) is 0. The molecule has 0 atom stereocenters. The number of nitriles is 2. The predicted octanol–water partition coefficient (Wildman–Crippen LogP) is 3.44. The molecule has 0 fully saturated rings. The van der Waals surface area contributed by atoms with Gasteiger partial charge in [-0.2, -0.15) is 10.5 Å². The lowest BCUT2D eigenvalue weighted by Crippen LogP contribution is -2.32. The summed E-state index contributed by atoms with van der Waals surface area (Å²) < 4.78 is 2.02. The van der Waals surface area contributed by atoms with Crippen LogP contribution in [0.2, 0.25) is 0 Å². The molecular weight excluding hydrogens is 284 g/mol. The molecule has 0 aliphatic carbocycles. The molecule has 0 spiro atoms. The van der Waals surface area contributed by atoms with Gasteiger partial charge in [0.25, 0.3) is 0 Å². The Morgan fingerprint density at radius 1 is 0.870 bits per heavy atom. The zero-order chi connectivity index (χ0) is 16.3. The lowest BCUT2D eigenvalue weighted by atomic mass is 9.83. The molecule has 0 N–H and O–H groups in total. The number of imidazole rings is 1. The van der Waals surface area contributed by atoms with Crippen molar-refractivity contribution in [2.75, 3.05) is 0 Å². The molecule has 110 valence electrons. The summed E-state index contributed by atoms with van der Waals surface area (Å²) in [6.45, 7) is 2.09. The molecule has 4 nitrogen and oxygen atoms in total. The monoisotopic (exact) mass is 298 g/mol. The number of rotatable bonds is 3. The van der Waals surface area contributed by atoms with E-state index in [9.17, 15) is 0 Å². The first-order chi connectivity index (χ1) is 11.2. The van der Waals surface area contributed by atoms with E-state index in [1.54, 1.807) is 12.5 Å². The summed E-state index contributed by atoms with van der Waals surface area (Å²) in [4.78, 5) is 4.17. The van der Waals surface area contributed by atoms with Crippen molar-refractivity contribution in [3.8, 4) is 12.1 Å². The van der Waals surface area contributed by atoms with Crippen LogP contribution in [-0.4, -0.2) is 9.55 Å². The molecule has 0 amide bonds. The number of hydrogen-bond acceptors (Lipinski definition) is 3. The summed E-state index contributed by atoms with van der Waals surface area (Å²) in [6, 6.07) is 19.4. The van der Waals surface area contributed by atoms with Crippen molar-refractivity contribution in [3.63, 3.8) is 0 Å². The molecule has 0 bridgehead atoms. The lowest BCUT2D eigenvalue weighted by Gasteiger charge is -2.32. The first-order valence-electron chi connectivity index (χ1n) is 7.18. The number of nitrogens with zero attached hydrogens (tertiary/aromatic N) is 4. The van der Waals surface area contributed by atoms with E-state index in [-0.39, 0.29) is 0 Å². The number of aromatic nitrogens is 2. The van der Waals surface area contributed by atoms with Crippen LogP contribution < -0.4 is 0 Å². The first kappa shape index (κ1) is 14.6. The Morgan fingerprint density at radius 3 is 1.70 bits per heavy atom. The van der Waals surface area contributed by atoms with E-state index in [2.05, 4.69) is 24.0 Å². The van der Waals surface area contributed by atoms with Gasteiger partial charge >= 0.3 is 0 Å². The van der Waals surface area contributed by atoms with E-state index < -0.39 is 5.54 Å². The van der Waals surface area contributed by atoms with Crippen LogP contribution in [0.1, 0.15) is 29.2 Å². The second-order valence-corrected chi connectivity index (χ2v) is 5.42. The average molecular weight is 298 g/mol. The molecule has 2 aromatic carbocycles. The van der Waals surface area contributed by atoms with Gasteiger partial charge < -0.3 is 4.57 Å². The molecule has 0 saturated carbocycles. The van der Waals surface area contributed by atoms with Crippen LogP contribution in [0, 0.1) is 22.7 Å². The predicted molar refractivity (Wildman–Crippen MR) is 86.4 cm³/mol. The SMILES string of the molecule is CC(c1ccc(C#N)cc1)(c1ccc(C#N)cc1)n1ccnc1. The van der Waals surface area contributed by atoms with Crippen molar-refractivity contribution in [1.29, 1.82) is 10.5 Å². The van der Waals surface area contributed by atoms with Gasteiger partial charge in [0.1, 0.15) is 0 Å². The minimum absolute atomic E-state index is 0.474. The molecule has 0 radical (unpaired) electrons. The highest BCUT2D eigenvalue weighted by Crippen LogP contribution is 2.33. The van der Waals surface area contributed by atoms with Crippen molar-refractivity contribution >= 4 is 0 Å². The molecular formula is C19H14N4. The van der Waals surface area contributed by atoms with Gasteiger partial charge in [-0.3, -0.25) is 0 Å². The van der Waals surface area contributed by atoms with E-state index >= 15 is 0 Å². The normalized spacial score (nSPS) is 10.7. The van der Waals surface area contributed by atoms with Gasteiger partial charge in [0.05, 0.1) is 35.1 Å². The van der Waals surface area contributed by atoms with Gasteiger partial charge in [0.15, 0.2) is 0 Å². The summed E-state index contributed by atoms with van der Waals surface area (Å²) >= 11 is 0. The number of benzene rings is 2. The molecule has 0 aliphatic rings. The minimum atomic E-state index is -0.474. The standard InChI is InChI=1S/C19H14N4/c1-19(23-11-10-22-14-23,17-6-2-15(12-20)3-7-17)18-8-4-16(13-21)5-9-18/h2-11,14H,1H3. The second-order valence-electron chi connectivity index (χ2n) is 5.42. The Labute approximate surface area is 134 Å². The highest BCUT2D eigenvalue weighted by Gasteiger charge is 2.30. The molecule has 0 unspecified atom stereocenters. The largest absolute Gasteiger partial charge is 0.323 e. The molecule has 1 heterocycles. The molecule has 1 aromatic heterocycles. The van der Waals surface area contributed by atoms with Crippen LogP contribution in [0.15, 0.2) is 67.3 Å². The van der Waals surface area contributed by atoms with Gasteiger partial charge in [-0.25, -0.2) is 4.98 Å². The zero-order valence-electron chi connectivity index (χ0n) is 12.6. The van der Waals surface area contributed by atoms with E-state index in [1.165, 1.54) is 0 Å². The molecule has 23 heavy (non-hydrogen) atoms. The highest BCUT2D eigenvalue weighted by atomic mass is 15.1. The third-order valence-corrected chi connectivity index (χ3v) is 4.17. The molecule has 0 aliphatic heterocycles. The van der Waals surface area contributed by atoms with E-state index in [0.717, 1.165) is 11.1 Å². The second kappa shape index (κ2) is 5.79. The Hall–Kier alpha value is -3.37. The van der Waals surface area contributed by atoms with E-state index in [1.807, 2.05) is 59.3 Å². The van der Waals surface area contributed by atoms with Gasteiger partial charge in [-0.1, -0.05) is 24.3 Å². The smallest absolute Gasteiger partial charge is 0.0991 e. The minimum Gasteiger partial charge on any atom is -0.323 e. The number of hydrogen-bond donors (Lipinski definition) is 0. The first-order valence-corrected chi connectivity index (χ1v) is 7.18. The van der Waals surface area contributed by atoms with Gasteiger partial charge in [-0.05, 0) is 42.3 Å². The van der Waals surface area contributed by atoms with Crippen LogP contribution in [0.5, 0.6) is 0 Å². The fourth-order valence-corrected chi connectivity index (χ4v) is 2.73. The van der Waals surface area contributed by atoms with Gasteiger partial charge in [0.2, 0.25) is 0 Å². The van der Waals surface area contributed by atoms with E-state index in [0.29, 0.717) is 11.1 Å². The van der Waals surface area contributed by atoms with Crippen LogP contribution >= 0.6 is 0 Å². The molecule has 4 heteroatoms.